The molecule has 0 aromatic rings. The van der Waals surface area contributed by atoms with Crippen molar-refractivity contribution in [1.29, 1.82) is 0 Å². The van der Waals surface area contributed by atoms with Crippen molar-refractivity contribution in [3.63, 3.8) is 0 Å². The largest absolute Gasteiger partial charge is 0.383 e. The summed E-state index contributed by atoms with van der Waals surface area (Å²) in [7, 11) is 3.77. The zero-order chi connectivity index (χ0) is 11.5. The Morgan fingerprint density at radius 3 is 2.56 bits per heavy atom. The van der Waals surface area contributed by atoms with Gasteiger partial charge in [-0.3, -0.25) is 4.99 Å². The van der Waals surface area contributed by atoms with Crippen molar-refractivity contribution in [2.75, 3.05) is 40.4 Å². The summed E-state index contributed by atoms with van der Waals surface area (Å²) in [6, 6.07) is 0. The summed E-state index contributed by atoms with van der Waals surface area (Å²) in [6.07, 6.45) is 2.41. The van der Waals surface area contributed by atoms with Crippen molar-refractivity contribution in [2.45, 2.75) is 26.7 Å². The lowest BCUT2D eigenvalue weighted by molar-refractivity contribution is 0.207. The standard InChI is InChI=1S/C11H25N3O.HI/c1-5-7-9-14(3)11(12-6-2)13-8-10-15-4;/h5-10H2,1-4H3,(H,12,13);1H. The van der Waals surface area contributed by atoms with Crippen LogP contribution in [0.4, 0.5) is 0 Å². The summed E-state index contributed by atoms with van der Waals surface area (Å²) in [6.45, 7) is 7.63. The van der Waals surface area contributed by atoms with Crippen LogP contribution in [0.2, 0.25) is 0 Å². The van der Waals surface area contributed by atoms with Crippen LogP contribution < -0.4 is 5.32 Å². The average molecular weight is 343 g/mol. The number of guanidine groups is 1. The van der Waals surface area contributed by atoms with E-state index in [0.717, 1.165) is 25.6 Å². The predicted octanol–water partition coefficient (Wildman–Crippen LogP) is 1.95. The molecule has 0 bridgehead atoms. The van der Waals surface area contributed by atoms with Crippen molar-refractivity contribution in [3.05, 3.63) is 0 Å². The molecule has 0 amide bonds. The zero-order valence-electron chi connectivity index (χ0n) is 11.0. The Labute approximate surface area is 117 Å². The van der Waals surface area contributed by atoms with Gasteiger partial charge in [0.2, 0.25) is 0 Å². The first kappa shape index (κ1) is 18.3. The molecule has 98 valence electrons. The van der Waals surface area contributed by atoms with E-state index in [1.165, 1.54) is 12.8 Å². The topological polar surface area (TPSA) is 36.9 Å². The van der Waals surface area contributed by atoms with E-state index in [1.54, 1.807) is 7.11 Å². The van der Waals surface area contributed by atoms with Crippen LogP contribution in [0, 0.1) is 0 Å². The van der Waals surface area contributed by atoms with E-state index in [-0.39, 0.29) is 24.0 Å². The maximum absolute atomic E-state index is 4.98. The van der Waals surface area contributed by atoms with Crippen LogP contribution >= 0.6 is 24.0 Å². The molecule has 0 aliphatic heterocycles. The first-order valence-corrected chi connectivity index (χ1v) is 5.74. The van der Waals surface area contributed by atoms with Crippen LogP contribution in [-0.2, 0) is 4.74 Å². The van der Waals surface area contributed by atoms with Crippen LogP contribution in [0.1, 0.15) is 26.7 Å². The monoisotopic (exact) mass is 343 g/mol. The molecule has 16 heavy (non-hydrogen) atoms. The average Bonchev–Trinajstić information content (AvgIpc) is 2.25. The van der Waals surface area contributed by atoms with Gasteiger partial charge in [0.1, 0.15) is 0 Å². The van der Waals surface area contributed by atoms with Gasteiger partial charge in [-0.2, -0.15) is 0 Å². The minimum Gasteiger partial charge on any atom is -0.383 e. The highest BCUT2D eigenvalue weighted by molar-refractivity contribution is 14.0. The first-order chi connectivity index (χ1) is 7.26. The molecule has 0 aliphatic carbocycles. The number of hydrogen-bond donors (Lipinski definition) is 1. The minimum atomic E-state index is 0. The lowest BCUT2D eigenvalue weighted by atomic mass is 10.3. The highest BCUT2D eigenvalue weighted by atomic mass is 127. The van der Waals surface area contributed by atoms with Crippen molar-refractivity contribution >= 4 is 29.9 Å². The Morgan fingerprint density at radius 1 is 1.38 bits per heavy atom. The summed E-state index contributed by atoms with van der Waals surface area (Å²) >= 11 is 0. The van der Waals surface area contributed by atoms with Crippen molar-refractivity contribution in [1.82, 2.24) is 10.2 Å². The first-order valence-electron chi connectivity index (χ1n) is 5.74. The summed E-state index contributed by atoms with van der Waals surface area (Å²) in [5.41, 5.74) is 0. The van der Waals surface area contributed by atoms with Gasteiger partial charge in [-0.15, -0.1) is 24.0 Å². The molecule has 0 aliphatic rings. The quantitative estimate of drug-likeness (QED) is 0.332. The van der Waals surface area contributed by atoms with Gasteiger partial charge >= 0.3 is 0 Å². The summed E-state index contributed by atoms with van der Waals surface area (Å²) in [5.74, 6) is 0.975. The summed E-state index contributed by atoms with van der Waals surface area (Å²) in [5, 5.41) is 3.27. The third-order valence-corrected chi connectivity index (χ3v) is 2.10. The molecule has 0 heterocycles. The number of methoxy groups -OCH3 is 1. The Morgan fingerprint density at radius 2 is 2.06 bits per heavy atom. The van der Waals surface area contributed by atoms with E-state index in [2.05, 4.69) is 36.1 Å². The Bertz CT molecular complexity index is 177. The van der Waals surface area contributed by atoms with Crippen LogP contribution in [0.5, 0.6) is 0 Å². The van der Waals surface area contributed by atoms with E-state index in [4.69, 9.17) is 4.74 Å². The summed E-state index contributed by atoms with van der Waals surface area (Å²) < 4.78 is 4.98. The molecule has 0 atom stereocenters. The van der Waals surface area contributed by atoms with E-state index in [9.17, 15) is 0 Å². The minimum absolute atomic E-state index is 0. The zero-order valence-corrected chi connectivity index (χ0v) is 13.3. The van der Waals surface area contributed by atoms with E-state index in [0.29, 0.717) is 6.61 Å². The van der Waals surface area contributed by atoms with Gasteiger partial charge in [-0.05, 0) is 13.3 Å². The highest BCUT2D eigenvalue weighted by Gasteiger charge is 2.03. The van der Waals surface area contributed by atoms with Gasteiger partial charge in [-0.25, -0.2) is 0 Å². The van der Waals surface area contributed by atoms with Crippen molar-refractivity contribution in [2.24, 2.45) is 4.99 Å². The molecule has 0 aromatic carbocycles. The third-order valence-electron chi connectivity index (χ3n) is 2.10. The van der Waals surface area contributed by atoms with Crippen LogP contribution in [-0.4, -0.2) is 51.3 Å². The molecule has 0 spiro atoms. The Balaban J connectivity index is 0. The van der Waals surface area contributed by atoms with Gasteiger partial charge in [-0.1, -0.05) is 13.3 Å². The SMILES string of the molecule is CCCCN(C)C(=NCCOC)NCC.I. The molecule has 4 nitrogen and oxygen atoms in total. The molecule has 0 aromatic heterocycles. The van der Waals surface area contributed by atoms with Gasteiger partial charge < -0.3 is 15.0 Å². The number of nitrogens with one attached hydrogen (secondary N) is 1. The molecule has 5 heteroatoms. The smallest absolute Gasteiger partial charge is 0.193 e. The normalized spacial score (nSPS) is 10.9. The number of unbranched alkanes of at least 4 members (excludes halogenated alkanes) is 1. The number of rotatable bonds is 7. The molecule has 0 radical (unpaired) electrons. The number of ether oxygens (including phenoxy) is 1. The fourth-order valence-corrected chi connectivity index (χ4v) is 1.21. The molecule has 0 fully saturated rings. The fraction of sp³-hybridized carbons (Fsp3) is 0.909. The Kier molecular flexibility index (Phi) is 14.9. The van der Waals surface area contributed by atoms with Crippen LogP contribution in [0.25, 0.3) is 0 Å². The molecule has 0 saturated heterocycles. The van der Waals surface area contributed by atoms with Gasteiger partial charge in [0.05, 0.1) is 13.2 Å². The lowest BCUT2D eigenvalue weighted by Crippen LogP contribution is -2.39. The number of nitrogens with zero attached hydrogens (tertiary/aromatic N) is 2. The second-order valence-electron chi connectivity index (χ2n) is 3.50. The number of hydrogen-bond acceptors (Lipinski definition) is 2. The third kappa shape index (κ3) is 9.21. The maximum Gasteiger partial charge on any atom is 0.193 e. The summed E-state index contributed by atoms with van der Waals surface area (Å²) in [4.78, 5) is 6.63. The molecular weight excluding hydrogens is 317 g/mol. The van der Waals surface area contributed by atoms with Crippen LogP contribution in [0.3, 0.4) is 0 Å². The molecule has 0 unspecified atom stereocenters. The van der Waals surface area contributed by atoms with Gasteiger partial charge in [0.15, 0.2) is 5.96 Å². The van der Waals surface area contributed by atoms with Crippen molar-refractivity contribution in [3.8, 4) is 0 Å². The van der Waals surface area contributed by atoms with E-state index < -0.39 is 0 Å². The van der Waals surface area contributed by atoms with E-state index in [1.807, 2.05) is 0 Å². The lowest BCUT2D eigenvalue weighted by Gasteiger charge is -2.21. The molecular formula is C11H26IN3O. The number of halogens is 1. The molecule has 1 N–H and O–H groups in total. The second-order valence-corrected chi connectivity index (χ2v) is 3.50. The maximum atomic E-state index is 4.98. The van der Waals surface area contributed by atoms with Crippen LogP contribution in [0.15, 0.2) is 4.99 Å². The van der Waals surface area contributed by atoms with Gasteiger partial charge in [0, 0.05) is 27.2 Å². The molecule has 0 rings (SSSR count). The highest BCUT2D eigenvalue weighted by Crippen LogP contribution is 1.93. The van der Waals surface area contributed by atoms with Gasteiger partial charge in [0.25, 0.3) is 0 Å². The number of aliphatic imine (C=N–C) groups is 1. The second kappa shape index (κ2) is 13.0. The predicted molar refractivity (Wildman–Crippen MR) is 80.8 cm³/mol. The Hall–Kier alpha value is -0.0400. The van der Waals surface area contributed by atoms with E-state index >= 15 is 0 Å². The fourth-order valence-electron chi connectivity index (χ4n) is 1.21. The van der Waals surface area contributed by atoms with Crippen molar-refractivity contribution < 1.29 is 4.74 Å². The molecule has 0 saturated carbocycles.